The van der Waals surface area contributed by atoms with Crippen molar-refractivity contribution in [2.45, 2.75) is 44.9 Å². The van der Waals surface area contributed by atoms with E-state index in [9.17, 15) is 4.79 Å². The van der Waals surface area contributed by atoms with Crippen LogP contribution in [0.1, 0.15) is 59.2 Å². The lowest BCUT2D eigenvalue weighted by Crippen LogP contribution is -2.23. The summed E-state index contributed by atoms with van der Waals surface area (Å²) in [6.07, 6.45) is 2.78. The van der Waals surface area contributed by atoms with Gasteiger partial charge in [0.05, 0.1) is 5.92 Å². The first-order chi connectivity index (χ1) is 11.6. The van der Waals surface area contributed by atoms with Crippen LogP contribution in [0.3, 0.4) is 0 Å². The van der Waals surface area contributed by atoms with Crippen molar-refractivity contribution in [1.82, 2.24) is 10.2 Å². The summed E-state index contributed by atoms with van der Waals surface area (Å²) >= 11 is 0. The fourth-order valence-electron chi connectivity index (χ4n) is 3.88. The van der Waals surface area contributed by atoms with Crippen LogP contribution in [0.5, 0.6) is 0 Å². The predicted octanol–water partition coefficient (Wildman–Crippen LogP) is 4.12. The van der Waals surface area contributed by atoms with Crippen LogP contribution in [0.15, 0.2) is 22.6 Å². The number of aromatic nitrogens is 2. The molecule has 1 amide bonds. The summed E-state index contributed by atoms with van der Waals surface area (Å²) in [4.78, 5) is 12.2. The molecule has 2 N–H and O–H groups in total. The summed E-state index contributed by atoms with van der Waals surface area (Å²) in [5, 5.41) is 11.5. The van der Waals surface area contributed by atoms with Crippen LogP contribution in [0.4, 0.5) is 5.82 Å². The molecule has 1 fully saturated rings. The van der Waals surface area contributed by atoms with Gasteiger partial charge in [0, 0.05) is 29.0 Å². The number of aryl methyl sites for hydroxylation is 2. The molecule has 2 aliphatic rings. The first-order valence-electron chi connectivity index (χ1n) is 8.49. The second-order valence-corrected chi connectivity index (χ2v) is 7.07. The summed E-state index contributed by atoms with van der Waals surface area (Å²) in [6.45, 7) is 4.17. The number of anilines is 1. The number of rotatable bonds is 2. The number of hydrogen-bond acceptors (Lipinski definition) is 3. The lowest BCUT2D eigenvalue weighted by atomic mass is 9.87. The number of amides is 1. The van der Waals surface area contributed by atoms with E-state index in [1.165, 1.54) is 24.1 Å². The number of furan rings is 1. The van der Waals surface area contributed by atoms with E-state index < -0.39 is 0 Å². The van der Waals surface area contributed by atoms with Crippen LogP contribution in [0.25, 0.3) is 11.0 Å². The number of H-pyrrole nitrogens is 1. The monoisotopic (exact) mass is 321 g/mol. The zero-order valence-corrected chi connectivity index (χ0v) is 13.8. The Bertz CT molecular complexity index is 978. The highest BCUT2D eigenvalue weighted by Gasteiger charge is 2.39. The molecule has 5 heteroatoms. The van der Waals surface area contributed by atoms with E-state index in [1.54, 1.807) is 0 Å². The molecule has 3 aromatic rings. The molecular formula is C19H19N3O2. The normalized spacial score (nSPS) is 20.2. The van der Waals surface area contributed by atoms with Crippen molar-refractivity contribution in [3.05, 3.63) is 46.3 Å². The van der Waals surface area contributed by atoms with Gasteiger partial charge in [-0.05, 0) is 44.4 Å². The smallest absolute Gasteiger partial charge is 0.226 e. The lowest BCUT2D eigenvalue weighted by molar-refractivity contribution is -0.116. The van der Waals surface area contributed by atoms with E-state index in [4.69, 9.17) is 4.42 Å². The first kappa shape index (κ1) is 13.8. The van der Waals surface area contributed by atoms with Gasteiger partial charge in [-0.1, -0.05) is 11.6 Å². The molecule has 0 saturated heterocycles. The second-order valence-electron chi connectivity index (χ2n) is 7.07. The maximum atomic E-state index is 12.2. The summed E-state index contributed by atoms with van der Waals surface area (Å²) < 4.78 is 6.20. The zero-order valence-electron chi connectivity index (χ0n) is 13.8. The molecule has 122 valence electrons. The molecule has 1 saturated carbocycles. The molecule has 1 unspecified atom stereocenters. The zero-order chi connectivity index (χ0) is 16.4. The SMILES string of the molecule is Cc1ccc2oc(C3CC(=O)Nc4n[nH]c(C5CC5)c43)c(C)c2c1. The van der Waals surface area contributed by atoms with E-state index in [0.29, 0.717) is 18.2 Å². The number of carbonyl (C=O) groups is 1. The first-order valence-corrected chi connectivity index (χ1v) is 8.49. The van der Waals surface area contributed by atoms with Gasteiger partial charge < -0.3 is 9.73 Å². The number of benzene rings is 1. The largest absolute Gasteiger partial charge is 0.460 e. The van der Waals surface area contributed by atoms with Gasteiger partial charge in [-0.3, -0.25) is 9.89 Å². The summed E-state index contributed by atoms with van der Waals surface area (Å²) in [6, 6.07) is 6.22. The maximum absolute atomic E-state index is 12.2. The van der Waals surface area contributed by atoms with E-state index in [-0.39, 0.29) is 11.8 Å². The number of aromatic amines is 1. The molecule has 5 nitrogen and oxygen atoms in total. The minimum Gasteiger partial charge on any atom is -0.460 e. The maximum Gasteiger partial charge on any atom is 0.226 e. The van der Waals surface area contributed by atoms with Gasteiger partial charge in [-0.2, -0.15) is 5.10 Å². The highest BCUT2D eigenvalue weighted by Crippen LogP contribution is 2.48. The van der Waals surface area contributed by atoms with Crippen LogP contribution in [0.2, 0.25) is 0 Å². The molecule has 24 heavy (non-hydrogen) atoms. The highest BCUT2D eigenvalue weighted by atomic mass is 16.3. The van der Waals surface area contributed by atoms with Crippen molar-refractivity contribution >= 4 is 22.7 Å². The Hall–Kier alpha value is -2.56. The molecule has 1 aliphatic heterocycles. The van der Waals surface area contributed by atoms with Gasteiger partial charge in [0.15, 0.2) is 5.82 Å². The molecule has 3 heterocycles. The fraction of sp³-hybridized carbons (Fsp3) is 0.368. The van der Waals surface area contributed by atoms with E-state index in [0.717, 1.165) is 27.9 Å². The van der Waals surface area contributed by atoms with Gasteiger partial charge in [0.2, 0.25) is 5.91 Å². The Morgan fingerprint density at radius 1 is 1.25 bits per heavy atom. The van der Waals surface area contributed by atoms with Crippen molar-refractivity contribution in [1.29, 1.82) is 0 Å². The number of fused-ring (bicyclic) bond motifs is 2. The standard InChI is InChI=1S/C19H19N3O2/c1-9-3-6-14-12(7-9)10(2)18(24-14)13-8-15(23)20-19-16(13)17(21-22-19)11-4-5-11/h3,6-7,11,13H,4-5,8H2,1-2H3,(H2,20,21,22,23). The van der Waals surface area contributed by atoms with Crippen molar-refractivity contribution < 1.29 is 9.21 Å². The van der Waals surface area contributed by atoms with Crippen LogP contribution in [-0.4, -0.2) is 16.1 Å². The minimum atomic E-state index is -0.0594. The summed E-state index contributed by atoms with van der Waals surface area (Å²) in [5.74, 6) is 2.06. The van der Waals surface area contributed by atoms with Crippen LogP contribution in [-0.2, 0) is 4.79 Å². The Morgan fingerprint density at radius 3 is 2.88 bits per heavy atom. The van der Waals surface area contributed by atoms with E-state index >= 15 is 0 Å². The molecule has 1 aliphatic carbocycles. The van der Waals surface area contributed by atoms with Crippen LogP contribution < -0.4 is 5.32 Å². The van der Waals surface area contributed by atoms with E-state index in [1.807, 2.05) is 6.07 Å². The molecule has 2 aromatic heterocycles. The van der Waals surface area contributed by atoms with Crippen LogP contribution >= 0.6 is 0 Å². The van der Waals surface area contributed by atoms with Gasteiger partial charge in [-0.15, -0.1) is 0 Å². The van der Waals surface area contributed by atoms with Gasteiger partial charge in [-0.25, -0.2) is 0 Å². The van der Waals surface area contributed by atoms with Crippen molar-refractivity contribution in [3.63, 3.8) is 0 Å². The average Bonchev–Trinajstić information content (AvgIpc) is 3.24. The van der Waals surface area contributed by atoms with Crippen molar-refractivity contribution in [2.24, 2.45) is 0 Å². The third-order valence-electron chi connectivity index (χ3n) is 5.26. The van der Waals surface area contributed by atoms with E-state index in [2.05, 4.69) is 41.5 Å². The van der Waals surface area contributed by atoms with Crippen LogP contribution in [0, 0.1) is 13.8 Å². The van der Waals surface area contributed by atoms with Gasteiger partial charge in [0.1, 0.15) is 11.3 Å². The van der Waals surface area contributed by atoms with Gasteiger partial charge in [0.25, 0.3) is 0 Å². The minimum absolute atomic E-state index is 0.00242. The third-order valence-corrected chi connectivity index (χ3v) is 5.26. The molecule has 1 atom stereocenters. The second kappa shape index (κ2) is 4.72. The summed E-state index contributed by atoms with van der Waals surface area (Å²) in [7, 11) is 0. The highest BCUT2D eigenvalue weighted by molar-refractivity contribution is 5.95. The Labute approximate surface area is 139 Å². The predicted molar refractivity (Wildman–Crippen MR) is 91.3 cm³/mol. The number of nitrogens with one attached hydrogen (secondary N) is 2. The molecule has 0 spiro atoms. The number of nitrogens with zero attached hydrogens (tertiary/aromatic N) is 1. The molecule has 0 radical (unpaired) electrons. The molecule has 0 bridgehead atoms. The van der Waals surface area contributed by atoms with Crippen molar-refractivity contribution in [3.8, 4) is 0 Å². The quantitative estimate of drug-likeness (QED) is 0.745. The Kier molecular flexibility index (Phi) is 2.72. The fourth-order valence-corrected chi connectivity index (χ4v) is 3.88. The Balaban J connectivity index is 1.71. The van der Waals surface area contributed by atoms with Gasteiger partial charge >= 0.3 is 0 Å². The lowest BCUT2D eigenvalue weighted by Gasteiger charge is -2.22. The number of carbonyl (C=O) groups excluding carboxylic acids is 1. The third kappa shape index (κ3) is 1.94. The molecule has 1 aromatic carbocycles. The summed E-state index contributed by atoms with van der Waals surface area (Å²) in [5.41, 5.74) is 5.52. The Morgan fingerprint density at radius 2 is 2.08 bits per heavy atom. The molecular weight excluding hydrogens is 302 g/mol. The van der Waals surface area contributed by atoms with Crippen molar-refractivity contribution in [2.75, 3.05) is 5.32 Å². The number of hydrogen-bond donors (Lipinski definition) is 2. The average molecular weight is 321 g/mol. The molecule has 5 rings (SSSR count). The topological polar surface area (TPSA) is 70.9 Å².